The van der Waals surface area contributed by atoms with Gasteiger partial charge in [-0.05, 0) is 38.5 Å². The maximum atomic E-state index is 10.2. The van der Waals surface area contributed by atoms with Gasteiger partial charge >= 0.3 is 0 Å². The maximum Gasteiger partial charge on any atom is 0.106 e. The van der Waals surface area contributed by atoms with Crippen LogP contribution in [0.15, 0.2) is 18.2 Å². The van der Waals surface area contributed by atoms with Crippen LogP contribution in [-0.4, -0.2) is 38.5 Å². The van der Waals surface area contributed by atoms with Gasteiger partial charge < -0.3 is 20.1 Å². The topological polar surface area (TPSA) is 70.3 Å². The minimum atomic E-state index is -0.618. The van der Waals surface area contributed by atoms with Crippen molar-refractivity contribution < 1.29 is 10.2 Å². The highest BCUT2D eigenvalue weighted by Gasteiger charge is 2.18. The second-order valence-electron chi connectivity index (χ2n) is 5.90. The van der Waals surface area contributed by atoms with Gasteiger partial charge in [0.1, 0.15) is 5.82 Å². The standard InChI is InChI=1S/C15H23N3O2/c1-10-17-12-7-11(5-6-13(12)18(10)4)14(20)8-16-15(2,3)9-19/h5-7,14,16,19-20H,8-9H2,1-4H3. The molecular weight excluding hydrogens is 254 g/mol. The Morgan fingerprint density at radius 1 is 1.40 bits per heavy atom. The fourth-order valence-electron chi connectivity index (χ4n) is 2.09. The summed E-state index contributed by atoms with van der Waals surface area (Å²) in [6, 6.07) is 5.81. The highest BCUT2D eigenvalue weighted by Crippen LogP contribution is 2.20. The minimum Gasteiger partial charge on any atom is -0.394 e. The second-order valence-corrected chi connectivity index (χ2v) is 5.90. The molecule has 0 saturated heterocycles. The molecule has 1 aromatic heterocycles. The van der Waals surface area contributed by atoms with E-state index in [9.17, 15) is 10.2 Å². The predicted molar refractivity (Wildman–Crippen MR) is 79.6 cm³/mol. The zero-order valence-electron chi connectivity index (χ0n) is 12.5. The molecule has 0 amide bonds. The lowest BCUT2D eigenvalue weighted by molar-refractivity contribution is 0.136. The lowest BCUT2D eigenvalue weighted by atomic mass is 10.0. The number of nitrogens with zero attached hydrogens (tertiary/aromatic N) is 2. The van der Waals surface area contributed by atoms with Crippen LogP contribution in [0.4, 0.5) is 0 Å². The average Bonchev–Trinajstić information content (AvgIpc) is 2.71. The molecule has 0 fully saturated rings. The Balaban J connectivity index is 2.16. The van der Waals surface area contributed by atoms with Crippen LogP contribution in [0, 0.1) is 6.92 Å². The molecule has 5 heteroatoms. The Bertz CT molecular complexity index is 604. The van der Waals surface area contributed by atoms with Crippen molar-refractivity contribution in [2.24, 2.45) is 7.05 Å². The molecule has 110 valence electrons. The number of aromatic nitrogens is 2. The Morgan fingerprint density at radius 2 is 2.10 bits per heavy atom. The van der Waals surface area contributed by atoms with Gasteiger partial charge in [0.25, 0.3) is 0 Å². The van der Waals surface area contributed by atoms with Crippen molar-refractivity contribution in [2.45, 2.75) is 32.4 Å². The molecule has 0 radical (unpaired) electrons. The smallest absolute Gasteiger partial charge is 0.106 e. The van der Waals surface area contributed by atoms with Gasteiger partial charge in [-0.2, -0.15) is 0 Å². The number of aliphatic hydroxyl groups excluding tert-OH is 2. The highest BCUT2D eigenvalue weighted by atomic mass is 16.3. The zero-order valence-corrected chi connectivity index (χ0v) is 12.5. The molecule has 5 nitrogen and oxygen atoms in total. The molecule has 0 spiro atoms. The van der Waals surface area contributed by atoms with Crippen molar-refractivity contribution in [2.75, 3.05) is 13.2 Å². The molecule has 2 rings (SSSR count). The first-order valence-electron chi connectivity index (χ1n) is 6.81. The fourth-order valence-corrected chi connectivity index (χ4v) is 2.09. The van der Waals surface area contributed by atoms with Crippen molar-refractivity contribution in [3.63, 3.8) is 0 Å². The van der Waals surface area contributed by atoms with Gasteiger partial charge in [0.15, 0.2) is 0 Å². The summed E-state index contributed by atoms with van der Waals surface area (Å²) < 4.78 is 2.03. The van der Waals surface area contributed by atoms with Crippen molar-refractivity contribution in [1.82, 2.24) is 14.9 Å². The third kappa shape index (κ3) is 3.00. The first kappa shape index (κ1) is 15.0. The lowest BCUT2D eigenvalue weighted by Crippen LogP contribution is -2.44. The molecule has 1 aromatic carbocycles. The van der Waals surface area contributed by atoms with Gasteiger partial charge in [0.2, 0.25) is 0 Å². The molecule has 1 unspecified atom stereocenters. The quantitative estimate of drug-likeness (QED) is 0.770. The van der Waals surface area contributed by atoms with Crippen LogP contribution in [0.2, 0.25) is 0 Å². The van der Waals surface area contributed by atoms with E-state index in [0.29, 0.717) is 6.54 Å². The Kier molecular flexibility index (Phi) is 4.13. The number of hydrogen-bond donors (Lipinski definition) is 3. The first-order chi connectivity index (χ1) is 9.34. The summed E-state index contributed by atoms with van der Waals surface area (Å²) in [5.41, 5.74) is 2.38. The number of aliphatic hydroxyl groups is 2. The highest BCUT2D eigenvalue weighted by molar-refractivity contribution is 5.76. The molecule has 0 bridgehead atoms. The van der Waals surface area contributed by atoms with Crippen LogP contribution in [-0.2, 0) is 7.05 Å². The second kappa shape index (κ2) is 5.52. The molecule has 20 heavy (non-hydrogen) atoms. The van der Waals surface area contributed by atoms with E-state index in [1.54, 1.807) is 0 Å². The molecule has 2 aromatic rings. The van der Waals surface area contributed by atoms with Crippen molar-refractivity contribution in [3.8, 4) is 0 Å². The molecule has 0 aliphatic heterocycles. The van der Waals surface area contributed by atoms with Crippen molar-refractivity contribution in [1.29, 1.82) is 0 Å². The molecule has 0 aliphatic rings. The third-order valence-corrected chi connectivity index (χ3v) is 3.68. The number of β-amino-alcohol motifs (C(OH)–C–C–N with tert-alkyl or cyclic N) is 1. The minimum absolute atomic E-state index is 0.0260. The third-order valence-electron chi connectivity index (χ3n) is 3.68. The number of fused-ring (bicyclic) bond motifs is 1. The molecule has 1 atom stereocenters. The number of hydrogen-bond acceptors (Lipinski definition) is 4. The number of aryl methyl sites for hydroxylation is 2. The number of nitrogens with one attached hydrogen (secondary N) is 1. The van der Waals surface area contributed by atoms with Crippen LogP contribution in [0.3, 0.4) is 0 Å². The SMILES string of the molecule is Cc1nc2cc(C(O)CNC(C)(C)CO)ccc2n1C. The summed E-state index contributed by atoms with van der Waals surface area (Å²) in [6.45, 7) is 6.17. The number of rotatable bonds is 5. The largest absolute Gasteiger partial charge is 0.394 e. The van der Waals surface area contributed by atoms with E-state index in [1.807, 2.05) is 50.6 Å². The Morgan fingerprint density at radius 3 is 2.75 bits per heavy atom. The summed E-state index contributed by atoms with van der Waals surface area (Å²) in [5.74, 6) is 0.950. The van der Waals surface area contributed by atoms with Crippen LogP contribution >= 0.6 is 0 Å². The predicted octanol–water partition coefficient (Wildman–Crippen LogP) is 1.28. The Hall–Kier alpha value is -1.43. The first-order valence-corrected chi connectivity index (χ1v) is 6.81. The molecule has 3 N–H and O–H groups in total. The van der Waals surface area contributed by atoms with E-state index in [0.717, 1.165) is 22.4 Å². The average molecular weight is 277 g/mol. The van der Waals surface area contributed by atoms with Gasteiger partial charge in [-0.25, -0.2) is 4.98 Å². The molecule has 0 saturated carbocycles. The summed E-state index contributed by atoms with van der Waals surface area (Å²) in [5, 5.41) is 22.6. The maximum absolute atomic E-state index is 10.2. The van der Waals surface area contributed by atoms with Crippen LogP contribution in [0.25, 0.3) is 11.0 Å². The monoisotopic (exact) mass is 277 g/mol. The summed E-state index contributed by atoms with van der Waals surface area (Å²) in [7, 11) is 1.98. The van der Waals surface area contributed by atoms with E-state index in [-0.39, 0.29) is 6.61 Å². The number of benzene rings is 1. The summed E-state index contributed by atoms with van der Waals surface area (Å²) in [6.07, 6.45) is -0.618. The van der Waals surface area contributed by atoms with Gasteiger partial charge in [0.05, 0.1) is 23.7 Å². The lowest BCUT2D eigenvalue weighted by Gasteiger charge is -2.25. The van der Waals surface area contributed by atoms with E-state index in [4.69, 9.17) is 0 Å². The Labute approximate surface area is 119 Å². The molecule has 0 aliphatic carbocycles. The summed E-state index contributed by atoms with van der Waals surface area (Å²) in [4.78, 5) is 4.47. The van der Waals surface area contributed by atoms with Gasteiger partial charge in [-0.15, -0.1) is 0 Å². The zero-order chi connectivity index (χ0) is 14.9. The van der Waals surface area contributed by atoms with E-state index < -0.39 is 11.6 Å². The van der Waals surface area contributed by atoms with E-state index in [2.05, 4.69) is 10.3 Å². The van der Waals surface area contributed by atoms with Crippen LogP contribution in [0.1, 0.15) is 31.3 Å². The van der Waals surface area contributed by atoms with Gasteiger partial charge in [0, 0.05) is 19.1 Å². The van der Waals surface area contributed by atoms with E-state index >= 15 is 0 Å². The van der Waals surface area contributed by atoms with E-state index in [1.165, 1.54) is 0 Å². The van der Waals surface area contributed by atoms with Gasteiger partial charge in [-0.1, -0.05) is 6.07 Å². The van der Waals surface area contributed by atoms with Crippen molar-refractivity contribution in [3.05, 3.63) is 29.6 Å². The van der Waals surface area contributed by atoms with Crippen LogP contribution < -0.4 is 5.32 Å². The van der Waals surface area contributed by atoms with Gasteiger partial charge in [-0.3, -0.25) is 0 Å². The fraction of sp³-hybridized carbons (Fsp3) is 0.533. The summed E-state index contributed by atoms with van der Waals surface area (Å²) >= 11 is 0. The molecule has 1 heterocycles. The van der Waals surface area contributed by atoms with Crippen molar-refractivity contribution >= 4 is 11.0 Å². The normalized spacial score (nSPS) is 13.9. The molecular formula is C15H23N3O2. The van der Waals surface area contributed by atoms with Crippen LogP contribution in [0.5, 0.6) is 0 Å². The number of imidazole rings is 1.